The van der Waals surface area contributed by atoms with Crippen LogP contribution in [0.25, 0.3) is 0 Å². The quantitative estimate of drug-likeness (QED) is 0.183. The Morgan fingerprint density at radius 1 is 1.15 bits per heavy atom. The number of methoxy groups -OCH3 is 1. The van der Waals surface area contributed by atoms with Gasteiger partial charge in [-0.1, -0.05) is 24.3 Å². The second-order valence-corrected chi connectivity index (χ2v) is 8.07. The minimum Gasteiger partial charge on any atom is -0.385 e. The van der Waals surface area contributed by atoms with E-state index in [0.717, 1.165) is 36.6 Å². The first-order valence-electron chi connectivity index (χ1n) is 8.95. The van der Waals surface area contributed by atoms with Crippen LogP contribution in [0.4, 0.5) is 0 Å². The molecule has 1 aromatic carbocycles. The van der Waals surface area contributed by atoms with Gasteiger partial charge in [0, 0.05) is 32.8 Å². The maximum Gasteiger partial charge on any atom is 0.216 e. The van der Waals surface area contributed by atoms with Crippen LogP contribution in [0.1, 0.15) is 38.3 Å². The van der Waals surface area contributed by atoms with Crippen molar-refractivity contribution in [2.75, 3.05) is 26.8 Å². The first kappa shape index (κ1) is 26.1. The number of halogens is 1. The molecule has 3 N–H and O–H groups in total. The van der Waals surface area contributed by atoms with Crippen LogP contribution in [-0.4, -0.2) is 47.2 Å². The molecule has 0 fully saturated rings. The van der Waals surface area contributed by atoms with Gasteiger partial charge in [-0.15, -0.1) is 24.0 Å². The number of nitrogens with zero attached hydrogens (tertiary/aromatic N) is 1. The minimum atomic E-state index is -3.30. The molecular formula is C18H33IN4O3S. The monoisotopic (exact) mass is 512 g/mol. The highest BCUT2D eigenvalue weighted by atomic mass is 127. The fourth-order valence-electron chi connectivity index (χ4n) is 2.30. The van der Waals surface area contributed by atoms with E-state index < -0.39 is 10.0 Å². The molecule has 0 aromatic heterocycles. The van der Waals surface area contributed by atoms with Crippen LogP contribution in [0.5, 0.6) is 0 Å². The normalized spacial score (nSPS) is 12.0. The highest BCUT2D eigenvalue weighted by Gasteiger charge is 2.12. The number of ether oxygens (including phenoxy) is 1. The SMILES string of the molecule is CCNC(=NCc1ccc(CS(=O)(=O)NC(C)C)cc1)NCCCOC.I. The molecule has 0 amide bonds. The van der Waals surface area contributed by atoms with Gasteiger partial charge in [0.1, 0.15) is 0 Å². The van der Waals surface area contributed by atoms with Crippen LogP contribution in [0.2, 0.25) is 0 Å². The molecule has 0 saturated carbocycles. The Hall–Kier alpha value is -0.910. The van der Waals surface area contributed by atoms with Gasteiger partial charge in [-0.3, -0.25) is 0 Å². The van der Waals surface area contributed by atoms with E-state index in [1.54, 1.807) is 7.11 Å². The summed E-state index contributed by atoms with van der Waals surface area (Å²) in [5.74, 6) is 0.745. The van der Waals surface area contributed by atoms with E-state index in [0.29, 0.717) is 13.2 Å². The number of hydrogen-bond donors (Lipinski definition) is 3. The fraction of sp³-hybridized carbons (Fsp3) is 0.611. The number of benzene rings is 1. The molecule has 0 saturated heterocycles. The highest BCUT2D eigenvalue weighted by Crippen LogP contribution is 2.09. The number of sulfonamides is 1. The number of rotatable bonds is 11. The van der Waals surface area contributed by atoms with Gasteiger partial charge in [-0.05, 0) is 38.3 Å². The molecule has 1 rings (SSSR count). The van der Waals surface area contributed by atoms with Crippen LogP contribution < -0.4 is 15.4 Å². The Kier molecular flexibility index (Phi) is 13.7. The Balaban J connectivity index is 0.00000676. The zero-order chi connectivity index (χ0) is 19.4. The predicted octanol–water partition coefficient (Wildman–Crippen LogP) is 2.22. The summed E-state index contributed by atoms with van der Waals surface area (Å²) in [4.78, 5) is 4.55. The van der Waals surface area contributed by atoms with Crippen LogP contribution in [-0.2, 0) is 27.1 Å². The number of guanidine groups is 1. The molecule has 0 bridgehead atoms. The molecular weight excluding hydrogens is 479 g/mol. The van der Waals surface area contributed by atoms with Crippen molar-refractivity contribution in [2.24, 2.45) is 4.99 Å². The third-order valence-electron chi connectivity index (χ3n) is 3.38. The lowest BCUT2D eigenvalue weighted by Gasteiger charge is -2.11. The molecule has 7 nitrogen and oxygen atoms in total. The zero-order valence-electron chi connectivity index (χ0n) is 16.6. The van der Waals surface area contributed by atoms with Crippen LogP contribution in [0.15, 0.2) is 29.3 Å². The molecule has 0 aliphatic carbocycles. The molecule has 0 heterocycles. The number of nitrogens with one attached hydrogen (secondary N) is 3. The molecule has 0 aliphatic heterocycles. The Morgan fingerprint density at radius 3 is 2.33 bits per heavy atom. The minimum absolute atomic E-state index is 0. The van der Waals surface area contributed by atoms with Crippen molar-refractivity contribution in [1.82, 2.24) is 15.4 Å². The van der Waals surface area contributed by atoms with Crippen LogP contribution in [0.3, 0.4) is 0 Å². The van der Waals surface area contributed by atoms with E-state index in [-0.39, 0.29) is 35.8 Å². The molecule has 0 unspecified atom stereocenters. The molecule has 156 valence electrons. The van der Waals surface area contributed by atoms with E-state index in [9.17, 15) is 8.42 Å². The van der Waals surface area contributed by atoms with Gasteiger partial charge in [0.05, 0.1) is 12.3 Å². The summed E-state index contributed by atoms with van der Waals surface area (Å²) in [6.45, 7) is 8.45. The van der Waals surface area contributed by atoms with Crippen molar-refractivity contribution < 1.29 is 13.2 Å². The van der Waals surface area contributed by atoms with E-state index >= 15 is 0 Å². The van der Waals surface area contributed by atoms with Gasteiger partial charge in [0.25, 0.3) is 0 Å². The summed E-state index contributed by atoms with van der Waals surface area (Å²) >= 11 is 0. The topological polar surface area (TPSA) is 91.8 Å². The Morgan fingerprint density at radius 2 is 1.78 bits per heavy atom. The largest absolute Gasteiger partial charge is 0.385 e. The summed E-state index contributed by atoms with van der Waals surface area (Å²) in [6, 6.07) is 7.40. The lowest BCUT2D eigenvalue weighted by molar-refractivity contribution is 0.195. The first-order chi connectivity index (χ1) is 12.4. The number of aliphatic imine (C=N–C) groups is 1. The lowest BCUT2D eigenvalue weighted by atomic mass is 10.1. The van der Waals surface area contributed by atoms with Gasteiger partial charge >= 0.3 is 0 Å². The van der Waals surface area contributed by atoms with Gasteiger partial charge in [-0.25, -0.2) is 18.1 Å². The smallest absolute Gasteiger partial charge is 0.216 e. The second-order valence-electron chi connectivity index (χ2n) is 6.32. The molecule has 0 radical (unpaired) electrons. The highest BCUT2D eigenvalue weighted by molar-refractivity contribution is 14.0. The number of hydrogen-bond acceptors (Lipinski definition) is 4. The second kappa shape index (κ2) is 14.1. The van der Waals surface area contributed by atoms with E-state index in [2.05, 4.69) is 20.3 Å². The Bertz CT molecular complexity index is 649. The summed E-state index contributed by atoms with van der Waals surface area (Å²) < 4.78 is 31.6. The molecule has 0 aliphatic rings. The maximum atomic E-state index is 12.0. The molecule has 0 atom stereocenters. The molecule has 9 heteroatoms. The van der Waals surface area contributed by atoms with Gasteiger partial charge in [0.2, 0.25) is 10.0 Å². The predicted molar refractivity (Wildman–Crippen MR) is 122 cm³/mol. The summed E-state index contributed by atoms with van der Waals surface area (Å²) in [6.07, 6.45) is 0.911. The zero-order valence-corrected chi connectivity index (χ0v) is 19.8. The molecule has 27 heavy (non-hydrogen) atoms. The van der Waals surface area contributed by atoms with Crippen molar-refractivity contribution >= 4 is 40.0 Å². The van der Waals surface area contributed by atoms with E-state index in [4.69, 9.17) is 4.74 Å². The standard InChI is InChI=1S/C18H32N4O3S.HI/c1-5-19-18(20-11-6-12-25-4)21-13-16-7-9-17(10-8-16)14-26(23,24)22-15(2)3;/h7-10,15,22H,5-6,11-14H2,1-4H3,(H2,19,20,21);1H. The lowest BCUT2D eigenvalue weighted by Crippen LogP contribution is -2.38. The van der Waals surface area contributed by atoms with Gasteiger partial charge < -0.3 is 15.4 Å². The van der Waals surface area contributed by atoms with Crippen molar-refractivity contribution in [2.45, 2.75) is 45.5 Å². The van der Waals surface area contributed by atoms with Crippen LogP contribution >= 0.6 is 24.0 Å². The van der Waals surface area contributed by atoms with Crippen molar-refractivity contribution in [3.63, 3.8) is 0 Å². The average molecular weight is 512 g/mol. The first-order valence-corrected chi connectivity index (χ1v) is 10.6. The van der Waals surface area contributed by atoms with Crippen molar-refractivity contribution in [3.8, 4) is 0 Å². The average Bonchev–Trinajstić information content (AvgIpc) is 2.56. The van der Waals surface area contributed by atoms with Gasteiger partial charge in [-0.2, -0.15) is 0 Å². The Labute approximate surface area is 180 Å². The summed E-state index contributed by atoms with van der Waals surface area (Å²) in [5.41, 5.74) is 1.78. The van der Waals surface area contributed by atoms with Crippen molar-refractivity contribution in [1.29, 1.82) is 0 Å². The summed E-state index contributed by atoms with van der Waals surface area (Å²) in [5, 5.41) is 6.46. The molecule has 0 spiro atoms. The third kappa shape index (κ3) is 12.2. The van der Waals surface area contributed by atoms with Crippen LogP contribution in [0, 0.1) is 0 Å². The van der Waals surface area contributed by atoms with E-state index in [1.807, 2.05) is 45.0 Å². The fourth-order valence-corrected chi connectivity index (χ4v) is 3.73. The van der Waals surface area contributed by atoms with E-state index in [1.165, 1.54) is 0 Å². The van der Waals surface area contributed by atoms with Gasteiger partial charge in [0.15, 0.2) is 5.96 Å². The summed E-state index contributed by atoms with van der Waals surface area (Å²) in [7, 11) is -1.62. The van der Waals surface area contributed by atoms with Crippen molar-refractivity contribution in [3.05, 3.63) is 35.4 Å². The molecule has 1 aromatic rings. The third-order valence-corrected chi connectivity index (χ3v) is 4.92. The maximum absolute atomic E-state index is 12.0.